The number of anilines is 1. The fourth-order valence-corrected chi connectivity index (χ4v) is 4.11. The van der Waals surface area contributed by atoms with E-state index in [1.54, 1.807) is 54.6 Å². The molecule has 2 amide bonds. The molecule has 4 rings (SSSR count). The molecule has 2 N–H and O–H groups in total. The van der Waals surface area contributed by atoms with E-state index >= 15 is 0 Å². The average Bonchev–Trinajstić information content (AvgIpc) is 2.89. The third kappa shape index (κ3) is 5.41. The van der Waals surface area contributed by atoms with E-state index in [4.69, 9.17) is 9.47 Å². The van der Waals surface area contributed by atoms with Crippen molar-refractivity contribution < 1.29 is 42.1 Å². The Morgan fingerprint density at radius 1 is 1.05 bits per heavy atom. The summed E-state index contributed by atoms with van der Waals surface area (Å²) in [4.78, 5) is 38.6. The van der Waals surface area contributed by atoms with Crippen LogP contribution >= 0.6 is 0 Å². The summed E-state index contributed by atoms with van der Waals surface area (Å²) in [7, 11) is 0. The summed E-state index contributed by atoms with van der Waals surface area (Å²) in [6, 6.07) is 18.5. The van der Waals surface area contributed by atoms with Gasteiger partial charge in [0.1, 0.15) is 12.4 Å². The quantitative estimate of drug-likeness (QED) is 0.449. The van der Waals surface area contributed by atoms with Gasteiger partial charge in [-0.3, -0.25) is 4.79 Å². The van der Waals surface area contributed by atoms with Gasteiger partial charge in [0.15, 0.2) is 0 Å². The summed E-state index contributed by atoms with van der Waals surface area (Å²) in [5, 5.41) is 11.9. The SMILES string of the molecule is C[C@@]1(c2ccccc2)Oc2cc(C(F)(F)F)c(C(=O)O)cc2N(CCNC(=O)OCc2ccccc2)C1=O. The molecule has 0 aliphatic carbocycles. The van der Waals surface area contributed by atoms with E-state index in [0.29, 0.717) is 11.6 Å². The maximum absolute atomic E-state index is 13.7. The van der Waals surface area contributed by atoms with Gasteiger partial charge in [-0.15, -0.1) is 0 Å². The molecule has 0 bridgehead atoms. The normalized spacial score (nSPS) is 16.8. The Hall–Kier alpha value is -4.54. The molecule has 1 heterocycles. The summed E-state index contributed by atoms with van der Waals surface area (Å²) >= 11 is 0. The molecule has 0 fully saturated rings. The molecular formula is C27H23F3N2O6. The first-order valence-electron chi connectivity index (χ1n) is 11.5. The third-order valence-corrected chi connectivity index (χ3v) is 6.04. The second-order valence-electron chi connectivity index (χ2n) is 8.62. The molecule has 198 valence electrons. The number of carboxylic acids is 1. The van der Waals surface area contributed by atoms with Crippen LogP contribution in [-0.4, -0.2) is 36.2 Å². The van der Waals surface area contributed by atoms with E-state index in [0.717, 1.165) is 16.5 Å². The Morgan fingerprint density at radius 3 is 2.29 bits per heavy atom. The van der Waals surface area contributed by atoms with Crippen LogP contribution < -0.4 is 15.0 Å². The number of alkyl halides is 3. The first-order chi connectivity index (χ1) is 18.0. The number of nitrogens with zero attached hydrogens (tertiary/aromatic N) is 1. The van der Waals surface area contributed by atoms with Crippen LogP contribution in [0.5, 0.6) is 5.75 Å². The van der Waals surface area contributed by atoms with E-state index in [1.807, 2.05) is 6.07 Å². The number of amides is 2. The van der Waals surface area contributed by atoms with E-state index in [9.17, 15) is 32.7 Å². The number of benzene rings is 3. The molecule has 0 spiro atoms. The first kappa shape index (κ1) is 26.5. The number of rotatable bonds is 7. The lowest BCUT2D eigenvalue weighted by molar-refractivity contribution is -0.138. The monoisotopic (exact) mass is 528 g/mol. The van der Waals surface area contributed by atoms with Crippen molar-refractivity contribution in [2.45, 2.75) is 25.3 Å². The van der Waals surface area contributed by atoms with Crippen molar-refractivity contribution >= 4 is 23.7 Å². The smallest absolute Gasteiger partial charge is 0.417 e. The summed E-state index contributed by atoms with van der Waals surface area (Å²) < 4.78 is 52.1. The maximum Gasteiger partial charge on any atom is 0.417 e. The van der Waals surface area contributed by atoms with Crippen molar-refractivity contribution in [1.82, 2.24) is 5.32 Å². The van der Waals surface area contributed by atoms with Crippen molar-refractivity contribution in [3.05, 3.63) is 95.1 Å². The van der Waals surface area contributed by atoms with E-state index < -0.39 is 40.9 Å². The van der Waals surface area contributed by atoms with Gasteiger partial charge in [0.05, 0.1) is 16.8 Å². The molecule has 0 aromatic heterocycles. The molecule has 3 aromatic rings. The zero-order chi connectivity index (χ0) is 27.5. The van der Waals surface area contributed by atoms with Crippen LogP contribution in [0.2, 0.25) is 0 Å². The molecule has 1 aliphatic rings. The predicted molar refractivity (Wildman–Crippen MR) is 130 cm³/mol. The number of halogens is 3. The zero-order valence-corrected chi connectivity index (χ0v) is 20.1. The van der Waals surface area contributed by atoms with Gasteiger partial charge < -0.3 is 24.8 Å². The van der Waals surface area contributed by atoms with Gasteiger partial charge in [-0.1, -0.05) is 60.7 Å². The molecule has 0 saturated carbocycles. The van der Waals surface area contributed by atoms with Crippen LogP contribution in [0, 0.1) is 0 Å². The maximum atomic E-state index is 13.7. The van der Waals surface area contributed by atoms with Gasteiger partial charge >= 0.3 is 18.2 Å². The fourth-order valence-electron chi connectivity index (χ4n) is 4.11. The van der Waals surface area contributed by atoms with Gasteiger partial charge in [0, 0.05) is 18.7 Å². The number of carbonyl (C=O) groups is 3. The number of nitrogens with one attached hydrogen (secondary N) is 1. The lowest BCUT2D eigenvalue weighted by Crippen LogP contribution is -2.54. The molecule has 11 heteroatoms. The number of hydrogen-bond acceptors (Lipinski definition) is 5. The van der Waals surface area contributed by atoms with Crippen LogP contribution in [0.25, 0.3) is 0 Å². The molecule has 0 radical (unpaired) electrons. The number of aromatic carboxylic acids is 1. The van der Waals surface area contributed by atoms with Gasteiger partial charge in [-0.05, 0) is 24.6 Å². The molecule has 1 aliphatic heterocycles. The summed E-state index contributed by atoms with van der Waals surface area (Å²) in [5.74, 6) is -2.78. The van der Waals surface area contributed by atoms with Gasteiger partial charge in [-0.25, -0.2) is 9.59 Å². The molecule has 0 unspecified atom stereocenters. The first-order valence-corrected chi connectivity index (χ1v) is 11.5. The highest BCUT2D eigenvalue weighted by molar-refractivity contribution is 6.04. The summed E-state index contributed by atoms with van der Waals surface area (Å²) in [6.45, 7) is 1.11. The van der Waals surface area contributed by atoms with Crippen molar-refractivity contribution in [2.75, 3.05) is 18.0 Å². The van der Waals surface area contributed by atoms with Crippen LogP contribution in [-0.2, 0) is 27.9 Å². The number of alkyl carbamates (subject to hydrolysis) is 1. The standard InChI is InChI=1S/C27H23F3N2O6/c1-26(18-10-6-3-7-11-18)24(35)32(13-12-31-25(36)37-16-17-8-4-2-5-9-17)21-14-19(23(33)34)20(27(28,29)30)15-22(21)38-26/h2-11,14-15H,12-13,16H2,1H3,(H,31,36)(H,33,34)/t26-/m0/s1. The Balaban J connectivity index is 1.63. The summed E-state index contributed by atoms with van der Waals surface area (Å²) in [6.07, 6.45) is -5.75. The highest BCUT2D eigenvalue weighted by atomic mass is 19.4. The lowest BCUT2D eigenvalue weighted by Gasteiger charge is -2.41. The number of ether oxygens (including phenoxy) is 2. The third-order valence-electron chi connectivity index (χ3n) is 6.04. The highest BCUT2D eigenvalue weighted by Crippen LogP contribution is 2.46. The number of carbonyl (C=O) groups excluding carboxylic acids is 2. The van der Waals surface area contributed by atoms with Crippen molar-refractivity contribution in [2.24, 2.45) is 0 Å². The topological polar surface area (TPSA) is 105 Å². The van der Waals surface area contributed by atoms with E-state index in [1.165, 1.54) is 6.92 Å². The van der Waals surface area contributed by atoms with E-state index in [-0.39, 0.29) is 31.1 Å². The Labute approximate surface area is 215 Å². The van der Waals surface area contributed by atoms with Crippen molar-refractivity contribution in [3.8, 4) is 5.75 Å². The molecule has 38 heavy (non-hydrogen) atoms. The molecular weight excluding hydrogens is 505 g/mol. The predicted octanol–water partition coefficient (Wildman–Crippen LogP) is 4.97. The minimum Gasteiger partial charge on any atom is -0.478 e. The fraction of sp³-hybridized carbons (Fsp3) is 0.222. The minimum absolute atomic E-state index is 0.0141. The number of fused-ring (bicyclic) bond motifs is 1. The summed E-state index contributed by atoms with van der Waals surface area (Å²) in [5.41, 5.74) is -3.16. The lowest BCUT2D eigenvalue weighted by atomic mass is 9.91. The molecule has 1 atom stereocenters. The second-order valence-corrected chi connectivity index (χ2v) is 8.62. The number of carboxylic acid groups (broad SMARTS) is 1. The van der Waals surface area contributed by atoms with Crippen molar-refractivity contribution in [3.63, 3.8) is 0 Å². The van der Waals surface area contributed by atoms with Crippen LogP contribution in [0.4, 0.5) is 23.7 Å². The van der Waals surface area contributed by atoms with Crippen LogP contribution in [0.3, 0.4) is 0 Å². The van der Waals surface area contributed by atoms with Gasteiger partial charge in [0.25, 0.3) is 5.91 Å². The zero-order valence-electron chi connectivity index (χ0n) is 20.1. The molecule has 0 saturated heterocycles. The Morgan fingerprint density at radius 2 is 1.68 bits per heavy atom. The van der Waals surface area contributed by atoms with E-state index in [2.05, 4.69) is 5.32 Å². The van der Waals surface area contributed by atoms with Crippen molar-refractivity contribution in [1.29, 1.82) is 0 Å². The van der Waals surface area contributed by atoms with Crippen LogP contribution in [0.15, 0.2) is 72.8 Å². The highest BCUT2D eigenvalue weighted by Gasteiger charge is 2.48. The average molecular weight is 528 g/mol. The Bertz CT molecular complexity index is 1350. The van der Waals surface area contributed by atoms with Gasteiger partial charge in [0.2, 0.25) is 5.60 Å². The second kappa shape index (κ2) is 10.4. The minimum atomic E-state index is -4.98. The largest absolute Gasteiger partial charge is 0.478 e. The van der Waals surface area contributed by atoms with Gasteiger partial charge in [-0.2, -0.15) is 13.2 Å². The Kier molecular flexibility index (Phi) is 7.29. The molecule has 8 nitrogen and oxygen atoms in total. The van der Waals surface area contributed by atoms with Crippen LogP contribution in [0.1, 0.15) is 34.0 Å². The molecule has 3 aromatic carbocycles. The number of hydrogen-bond donors (Lipinski definition) is 2.